The molecule has 4 aromatic rings. The fourth-order valence-electron chi connectivity index (χ4n) is 2.58. The molecule has 0 amide bonds. The van der Waals surface area contributed by atoms with E-state index >= 15 is 0 Å². The summed E-state index contributed by atoms with van der Waals surface area (Å²) in [5.74, 6) is -0.786. The Morgan fingerprint density at radius 3 is 2.26 bits per heavy atom. The highest BCUT2D eigenvalue weighted by Crippen LogP contribution is 2.24. The maximum absolute atomic E-state index is 10.2. The van der Waals surface area contributed by atoms with Gasteiger partial charge in [-0.2, -0.15) is 0 Å². The molecule has 0 radical (unpaired) electrons. The monoisotopic (exact) mass is 303 g/mol. The molecular formula is C20H17NO2. The van der Waals surface area contributed by atoms with Crippen molar-refractivity contribution in [2.45, 2.75) is 6.42 Å². The Morgan fingerprint density at radius 1 is 0.783 bits per heavy atom. The van der Waals surface area contributed by atoms with E-state index in [0.717, 1.165) is 5.56 Å². The first kappa shape index (κ1) is 14.9. The summed E-state index contributed by atoms with van der Waals surface area (Å²) >= 11 is 0. The van der Waals surface area contributed by atoms with E-state index in [9.17, 15) is 4.79 Å². The maximum Gasteiger partial charge on any atom is 0.307 e. The second-order valence-electron chi connectivity index (χ2n) is 5.30. The standard InChI is InChI=1S/C12H9N.C8H8O2/c1-2-4-11-9(3-1)5-6-10-7-13-8-12(10)11;9-8(10)6-7-4-2-1-3-5-7/h1-8,13H;1-5H,6H2,(H,9,10). The molecule has 0 saturated heterocycles. The number of carboxylic acid groups (broad SMARTS) is 1. The largest absolute Gasteiger partial charge is 0.481 e. The Morgan fingerprint density at radius 2 is 1.48 bits per heavy atom. The van der Waals surface area contributed by atoms with Gasteiger partial charge in [0.2, 0.25) is 0 Å². The van der Waals surface area contributed by atoms with E-state index in [-0.39, 0.29) is 6.42 Å². The summed E-state index contributed by atoms with van der Waals surface area (Å²) in [6, 6.07) is 21.9. The van der Waals surface area contributed by atoms with Gasteiger partial charge in [-0.1, -0.05) is 66.7 Å². The summed E-state index contributed by atoms with van der Waals surface area (Å²) in [7, 11) is 0. The lowest BCUT2D eigenvalue weighted by Crippen LogP contribution is -1.98. The number of hydrogen-bond donors (Lipinski definition) is 2. The number of fused-ring (bicyclic) bond motifs is 3. The topological polar surface area (TPSA) is 53.1 Å². The fraction of sp³-hybridized carbons (Fsp3) is 0.0500. The molecule has 0 aliphatic rings. The molecule has 0 aliphatic heterocycles. The van der Waals surface area contributed by atoms with Gasteiger partial charge in [0.25, 0.3) is 0 Å². The fourth-order valence-corrected chi connectivity index (χ4v) is 2.58. The summed E-state index contributed by atoms with van der Waals surface area (Å²) in [5.41, 5.74) is 0.843. The summed E-state index contributed by atoms with van der Waals surface area (Å²) in [6.45, 7) is 0. The molecule has 2 N–H and O–H groups in total. The number of benzene rings is 3. The van der Waals surface area contributed by atoms with Crippen molar-refractivity contribution in [3.8, 4) is 0 Å². The van der Waals surface area contributed by atoms with Gasteiger partial charge in [-0.05, 0) is 21.7 Å². The summed E-state index contributed by atoms with van der Waals surface area (Å²) in [4.78, 5) is 13.3. The van der Waals surface area contributed by atoms with Gasteiger partial charge >= 0.3 is 5.97 Å². The molecule has 3 heteroatoms. The number of aliphatic carboxylic acids is 1. The zero-order valence-electron chi connectivity index (χ0n) is 12.6. The van der Waals surface area contributed by atoms with E-state index in [4.69, 9.17) is 5.11 Å². The highest BCUT2D eigenvalue weighted by molar-refractivity contribution is 6.07. The molecule has 1 heterocycles. The molecule has 0 aliphatic carbocycles. The van der Waals surface area contributed by atoms with Crippen molar-refractivity contribution in [3.05, 3.63) is 84.7 Å². The SMILES string of the molecule is O=C(O)Cc1ccccc1.c1ccc2c(c1)ccc1c[nH]cc12. The van der Waals surface area contributed by atoms with Crippen LogP contribution in [0.4, 0.5) is 0 Å². The first-order valence-electron chi connectivity index (χ1n) is 7.44. The van der Waals surface area contributed by atoms with Gasteiger partial charge in [-0.3, -0.25) is 4.79 Å². The molecule has 1 aromatic heterocycles. The lowest BCUT2D eigenvalue weighted by Gasteiger charge is -1.97. The van der Waals surface area contributed by atoms with Crippen LogP contribution in [0.15, 0.2) is 79.1 Å². The van der Waals surface area contributed by atoms with Crippen molar-refractivity contribution >= 4 is 27.5 Å². The minimum absolute atomic E-state index is 0.112. The quantitative estimate of drug-likeness (QED) is 0.567. The highest BCUT2D eigenvalue weighted by atomic mass is 16.4. The predicted molar refractivity (Wildman–Crippen MR) is 93.6 cm³/mol. The molecule has 3 aromatic carbocycles. The first-order valence-corrected chi connectivity index (χ1v) is 7.44. The van der Waals surface area contributed by atoms with Crippen LogP contribution >= 0.6 is 0 Å². The molecule has 0 bridgehead atoms. The number of carbonyl (C=O) groups is 1. The van der Waals surface area contributed by atoms with Crippen LogP contribution in [-0.4, -0.2) is 16.1 Å². The van der Waals surface area contributed by atoms with Crippen LogP contribution in [0.25, 0.3) is 21.5 Å². The van der Waals surface area contributed by atoms with Crippen molar-refractivity contribution in [1.29, 1.82) is 0 Å². The van der Waals surface area contributed by atoms with Crippen molar-refractivity contribution in [2.75, 3.05) is 0 Å². The summed E-state index contributed by atoms with van der Waals surface area (Å²) < 4.78 is 0. The number of aromatic amines is 1. The molecule has 0 spiro atoms. The molecule has 23 heavy (non-hydrogen) atoms. The normalized spacial score (nSPS) is 10.3. The van der Waals surface area contributed by atoms with Gasteiger partial charge < -0.3 is 10.1 Å². The van der Waals surface area contributed by atoms with E-state index < -0.39 is 5.97 Å². The van der Waals surface area contributed by atoms with Crippen LogP contribution in [0.1, 0.15) is 5.56 Å². The Kier molecular flexibility index (Phi) is 4.39. The van der Waals surface area contributed by atoms with Gasteiger partial charge in [0.1, 0.15) is 0 Å². The van der Waals surface area contributed by atoms with Crippen LogP contribution in [0.2, 0.25) is 0 Å². The molecule has 0 fully saturated rings. The zero-order valence-corrected chi connectivity index (χ0v) is 12.6. The number of rotatable bonds is 2. The predicted octanol–water partition coefficient (Wildman–Crippen LogP) is 4.63. The van der Waals surface area contributed by atoms with E-state index in [1.54, 1.807) is 12.1 Å². The lowest BCUT2D eigenvalue weighted by atomic mass is 10.1. The Bertz CT molecular complexity index is 926. The van der Waals surface area contributed by atoms with Crippen LogP contribution in [0.5, 0.6) is 0 Å². The maximum atomic E-state index is 10.2. The van der Waals surface area contributed by atoms with Gasteiger partial charge in [0.15, 0.2) is 0 Å². The van der Waals surface area contributed by atoms with Gasteiger partial charge in [-0.25, -0.2) is 0 Å². The van der Waals surface area contributed by atoms with Crippen LogP contribution in [0, 0.1) is 0 Å². The van der Waals surface area contributed by atoms with Gasteiger partial charge in [0.05, 0.1) is 6.42 Å². The van der Waals surface area contributed by atoms with Gasteiger partial charge in [0, 0.05) is 17.8 Å². The van der Waals surface area contributed by atoms with Crippen molar-refractivity contribution < 1.29 is 9.90 Å². The third-order valence-corrected chi connectivity index (χ3v) is 3.67. The second-order valence-corrected chi connectivity index (χ2v) is 5.30. The van der Waals surface area contributed by atoms with E-state index in [1.807, 2.05) is 24.4 Å². The van der Waals surface area contributed by atoms with E-state index in [2.05, 4.69) is 47.6 Å². The molecular weight excluding hydrogens is 286 g/mol. The highest BCUT2D eigenvalue weighted by Gasteiger charge is 1.98. The molecule has 0 atom stereocenters. The number of carboxylic acids is 1. The molecule has 0 saturated carbocycles. The van der Waals surface area contributed by atoms with Crippen molar-refractivity contribution in [1.82, 2.24) is 4.98 Å². The molecule has 114 valence electrons. The Balaban J connectivity index is 0.000000142. The average molecular weight is 303 g/mol. The zero-order chi connectivity index (χ0) is 16.1. The number of H-pyrrole nitrogens is 1. The van der Waals surface area contributed by atoms with Crippen molar-refractivity contribution in [3.63, 3.8) is 0 Å². The number of aromatic nitrogens is 1. The summed E-state index contributed by atoms with van der Waals surface area (Å²) in [5, 5.41) is 13.6. The van der Waals surface area contributed by atoms with E-state index in [1.165, 1.54) is 21.5 Å². The number of nitrogens with one attached hydrogen (secondary N) is 1. The van der Waals surface area contributed by atoms with E-state index in [0.29, 0.717) is 0 Å². The van der Waals surface area contributed by atoms with Crippen LogP contribution < -0.4 is 0 Å². The smallest absolute Gasteiger partial charge is 0.307 e. The first-order chi connectivity index (χ1) is 11.2. The molecule has 3 nitrogen and oxygen atoms in total. The second kappa shape index (κ2) is 6.79. The van der Waals surface area contributed by atoms with Crippen LogP contribution in [-0.2, 0) is 11.2 Å². The average Bonchev–Trinajstić information content (AvgIpc) is 3.05. The molecule has 4 rings (SSSR count). The Hall–Kier alpha value is -3.07. The van der Waals surface area contributed by atoms with Gasteiger partial charge in [-0.15, -0.1) is 0 Å². The third-order valence-electron chi connectivity index (χ3n) is 3.67. The minimum atomic E-state index is -0.786. The number of hydrogen-bond acceptors (Lipinski definition) is 1. The Labute approximate surface area is 134 Å². The summed E-state index contributed by atoms with van der Waals surface area (Å²) in [6.07, 6.45) is 4.19. The minimum Gasteiger partial charge on any atom is -0.481 e. The molecule has 0 unspecified atom stereocenters. The van der Waals surface area contributed by atoms with Crippen LogP contribution in [0.3, 0.4) is 0 Å². The lowest BCUT2D eigenvalue weighted by molar-refractivity contribution is -0.136. The third kappa shape index (κ3) is 3.58. The van der Waals surface area contributed by atoms with Crippen molar-refractivity contribution in [2.24, 2.45) is 0 Å².